The Kier molecular flexibility index (Phi) is 4.87. The van der Waals surface area contributed by atoms with Crippen molar-refractivity contribution in [1.82, 2.24) is 10.3 Å². The van der Waals surface area contributed by atoms with Gasteiger partial charge in [-0.05, 0) is 39.8 Å². The molecule has 0 fully saturated rings. The smallest absolute Gasteiger partial charge is 0.239 e. The van der Waals surface area contributed by atoms with Gasteiger partial charge in [-0.3, -0.25) is 4.79 Å². The summed E-state index contributed by atoms with van der Waals surface area (Å²) in [7, 11) is 0. The molecule has 0 atom stereocenters. The van der Waals surface area contributed by atoms with Crippen molar-refractivity contribution in [2.24, 2.45) is 0 Å². The summed E-state index contributed by atoms with van der Waals surface area (Å²) in [5.74, 6) is 0.658. The summed E-state index contributed by atoms with van der Waals surface area (Å²) in [5, 5.41) is 11.6. The second-order valence-corrected chi connectivity index (χ2v) is 5.33. The minimum absolute atomic E-state index is 0.0412. The molecule has 5 nitrogen and oxygen atoms in total. The van der Waals surface area contributed by atoms with Gasteiger partial charge in [-0.1, -0.05) is 0 Å². The summed E-state index contributed by atoms with van der Waals surface area (Å²) >= 11 is 0. The average Bonchev–Trinajstić information content (AvgIpc) is 2.34. The van der Waals surface area contributed by atoms with Crippen molar-refractivity contribution in [2.45, 2.75) is 33.2 Å². The summed E-state index contributed by atoms with van der Waals surface area (Å²) in [6.45, 7) is 8.73. The van der Waals surface area contributed by atoms with Crippen LogP contribution in [-0.4, -0.2) is 29.5 Å². The zero-order valence-electron chi connectivity index (χ0n) is 11.9. The summed E-state index contributed by atoms with van der Waals surface area (Å²) in [4.78, 5) is 17.9. The Bertz CT molecular complexity index is 468. The molecule has 0 aliphatic heterocycles. The standard InChI is InChI=1S/C14H20N4O/c1-5-18(10-13(19)17-14(2,3)4)12-7-6-11(8-15)9-16-12/h6-7,9H,5,10H2,1-4H3,(H,17,19). The maximum atomic E-state index is 11.9. The number of pyridine rings is 1. The van der Waals surface area contributed by atoms with Crippen LogP contribution in [0.15, 0.2) is 18.3 Å². The van der Waals surface area contributed by atoms with E-state index in [1.165, 1.54) is 6.20 Å². The Morgan fingerprint density at radius 3 is 2.58 bits per heavy atom. The lowest BCUT2D eigenvalue weighted by Crippen LogP contribution is -2.46. The molecule has 5 heteroatoms. The van der Waals surface area contributed by atoms with Gasteiger partial charge < -0.3 is 10.2 Å². The van der Waals surface area contributed by atoms with E-state index in [9.17, 15) is 4.79 Å². The van der Waals surface area contributed by atoms with Crippen LogP contribution < -0.4 is 10.2 Å². The number of anilines is 1. The van der Waals surface area contributed by atoms with Crippen LogP contribution in [0.3, 0.4) is 0 Å². The Balaban J connectivity index is 2.72. The molecule has 0 spiro atoms. The van der Waals surface area contributed by atoms with Crippen LogP contribution >= 0.6 is 0 Å². The Morgan fingerprint density at radius 2 is 2.16 bits per heavy atom. The molecule has 0 aliphatic carbocycles. The zero-order chi connectivity index (χ0) is 14.5. The third kappa shape index (κ3) is 4.96. The van der Waals surface area contributed by atoms with Gasteiger partial charge in [-0.25, -0.2) is 4.98 Å². The number of hydrogen-bond donors (Lipinski definition) is 1. The summed E-state index contributed by atoms with van der Waals surface area (Å²) in [5.41, 5.74) is 0.271. The largest absolute Gasteiger partial charge is 0.350 e. The van der Waals surface area contributed by atoms with Crippen molar-refractivity contribution in [2.75, 3.05) is 18.0 Å². The highest BCUT2D eigenvalue weighted by molar-refractivity contribution is 5.81. The van der Waals surface area contributed by atoms with Gasteiger partial charge in [0, 0.05) is 18.3 Å². The number of carbonyl (C=O) groups is 1. The van der Waals surface area contributed by atoms with Gasteiger partial charge in [0.1, 0.15) is 11.9 Å². The first kappa shape index (κ1) is 15.0. The van der Waals surface area contributed by atoms with Crippen molar-refractivity contribution in [3.05, 3.63) is 23.9 Å². The minimum atomic E-state index is -0.241. The predicted molar refractivity (Wildman–Crippen MR) is 74.7 cm³/mol. The highest BCUT2D eigenvalue weighted by Crippen LogP contribution is 2.10. The van der Waals surface area contributed by atoms with Gasteiger partial charge in [0.2, 0.25) is 5.91 Å². The number of nitrogens with zero attached hydrogens (tertiary/aromatic N) is 3. The van der Waals surface area contributed by atoms with E-state index >= 15 is 0 Å². The van der Waals surface area contributed by atoms with E-state index in [-0.39, 0.29) is 18.0 Å². The fourth-order valence-corrected chi connectivity index (χ4v) is 1.63. The second-order valence-electron chi connectivity index (χ2n) is 5.33. The molecule has 1 N–H and O–H groups in total. The molecule has 0 unspecified atom stereocenters. The molecule has 0 aromatic carbocycles. The van der Waals surface area contributed by atoms with E-state index < -0.39 is 0 Å². The molecule has 19 heavy (non-hydrogen) atoms. The van der Waals surface area contributed by atoms with Crippen molar-refractivity contribution in [3.8, 4) is 6.07 Å². The Hall–Kier alpha value is -2.09. The summed E-state index contributed by atoms with van der Waals surface area (Å²) in [6, 6.07) is 5.48. The number of rotatable bonds is 4. The molecule has 1 aromatic heterocycles. The zero-order valence-corrected chi connectivity index (χ0v) is 11.9. The van der Waals surface area contributed by atoms with Gasteiger partial charge in [-0.2, -0.15) is 5.26 Å². The van der Waals surface area contributed by atoms with E-state index in [0.717, 1.165) is 0 Å². The first-order chi connectivity index (χ1) is 8.85. The van der Waals surface area contributed by atoms with Crippen molar-refractivity contribution < 1.29 is 4.79 Å². The van der Waals surface area contributed by atoms with Crippen LogP contribution in [-0.2, 0) is 4.79 Å². The lowest BCUT2D eigenvalue weighted by atomic mass is 10.1. The van der Waals surface area contributed by atoms with Gasteiger partial charge in [0.25, 0.3) is 0 Å². The number of aromatic nitrogens is 1. The maximum Gasteiger partial charge on any atom is 0.239 e. The van der Waals surface area contributed by atoms with Crippen LogP contribution in [0.4, 0.5) is 5.82 Å². The first-order valence-corrected chi connectivity index (χ1v) is 6.28. The number of nitrogens with one attached hydrogen (secondary N) is 1. The van der Waals surface area contributed by atoms with E-state index in [4.69, 9.17) is 5.26 Å². The number of likely N-dealkylation sites (N-methyl/N-ethyl adjacent to an activating group) is 1. The van der Waals surface area contributed by atoms with Crippen LogP contribution in [0.2, 0.25) is 0 Å². The molecule has 0 aliphatic rings. The van der Waals surface area contributed by atoms with Crippen LogP contribution in [0.25, 0.3) is 0 Å². The van der Waals surface area contributed by atoms with E-state index in [0.29, 0.717) is 17.9 Å². The molecule has 0 saturated carbocycles. The topological polar surface area (TPSA) is 69.0 Å². The molecule has 1 amide bonds. The molecule has 1 heterocycles. The van der Waals surface area contributed by atoms with E-state index in [1.807, 2.05) is 38.7 Å². The molecular formula is C14H20N4O. The fraction of sp³-hybridized carbons (Fsp3) is 0.500. The van der Waals surface area contributed by atoms with Crippen molar-refractivity contribution in [3.63, 3.8) is 0 Å². The number of nitriles is 1. The van der Waals surface area contributed by atoms with Crippen LogP contribution in [0.1, 0.15) is 33.3 Å². The summed E-state index contributed by atoms with van der Waals surface area (Å²) < 4.78 is 0. The lowest BCUT2D eigenvalue weighted by molar-refractivity contribution is -0.121. The minimum Gasteiger partial charge on any atom is -0.350 e. The molecule has 1 rings (SSSR count). The molecule has 102 valence electrons. The molecular weight excluding hydrogens is 240 g/mol. The molecule has 1 aromatic rings. The highest BCUT2D eigenvalue weighted by Gasteiger charge is 2.16. The first-order valence-electron chi connectivity index (χ1n) is 6.28. The third-order valence-corrected chi connectivity index (χ3v) is 2.43. The fourth-order valence-electron chi connectivity index (χ4n) is 1.63. The van der Waals surface area contributed by atoms with Gasteiger partial charge in [-0.15, -0.1) is 0 Å². The number of amides is 1. The molecule has 0 saturated heterocycles. The molecule has 0 bridgehead atoms. The predicted octanol–water partition coefficient (Wildman–Crippen LogP) is 1.69. The van der Waals surface area contributed by atoms with Crippen LogP contribution in [0.5, 0.6) is 0 Å². The van der Waals surface area contributed by atoms with Gasteiger partial charge in [0.05, 0.1) is 12.1 Å². The van der Waals surface area contributed by atoms with Gasteiger partial charge in [0.15, 0.2) is 0 Å². The Labute approximate surface area is 114 Å². The van der Waals surface area contributed by atoms with E-state index in [1.54, 1.807) is 12.1 Å². The molecule has 0 radical (unpaired) electrons. The van der Waals surface area contributed by atoms with Crippen molar-refractivity contribution in [1.29, 1.82) is 5.26 Å². The third-order valence-electron chi connectivity index (χ3n) is 2.43. The number of hydrogen-bond acceptors (Lipinski definition) is 4. The second kappa shape index (κ2) is 6.19. The van der Waals surface area contributed by atoms with Gasteiger partial charge >= 0.3 is 0 Å². The number of carbonyl (C=O) groups excluding carboxylic acids is 1. The normalized spacial score (nSPS) is 10.7. The quantitative estimate of drug-likeness (QED) is 0.894. The average molecular weight is 260 g/mol. The lowest BCUT2D eigenvalue weighted by Gasteiger charge is -2.25. The monoisotopic (exact) mass is 260 g/mol. The maximum absolute atomic E-state index is 11.9. The Morgan fingerprint density at radius 1 is 1.47 bits per heavy atom. The highest BCUT2D eigenvalue weighted by atomic mass is 16.2. The van der Waals surface area contributed by atoms with Crippen LogP contribution in [0, 0.1) is 11.3 Å². The van der Waals surface area contributed by atoms with Crippen molar-refractivity contribution >= 4 is 11.7 Å². The SMILES string of the molecule is CCN(CC(=O)NC(C)(C)C)c1ccc(C#N)cn1. The summed E-state index contributed by atoms with van der Waals surface area (Å²) in [6.07, 6.45) is 1.51. The van der Waals surface area contributed by atoms with E-state index in [2.05, 4.69) is 10.3 Å².